The van der Waals surface area contributed by atoms with Crippen LogP contribution in [0.25, 0.3) is 0 Å². The molecule has 1 aromatic heterocycles. The average Bonchev–Trinajstić information content (AvgIpc) is 2.87. The number of nitrogens with zero attached hydrogens (tertiary/aromatic N) is 2. The Morgan fingerprint density at radius 2 is 2.17 bits per heavy atom. The van der Waals surface area contributed by atoms with Crippen molar-refractivity contribution < 1.29 is 4.79 Å². The summed E-state index contributed by atoms with van der Waals surface area (Å²) < 4.78 is 1.72. The van der Waals surface area contributed by atoms with Crippen molar-refractivity contribution in [3.8, 4) is 0 Å². The van der Waals surface area contributed by atoms with Gasteiger partial charge in [-0.1, -0.05) is 36.2 Å². The first-order chi connectivity index (χ1) is 11.0. The van der Waals surface area contributed by atoms with Crippen LogP contribution in [0.2, 0.25) is 10.0 Å². The van der Waals surface area contributed by atoms with E-state index in [0.717, 1.165) is 18.7 Å². The van der Waals surface area contributed by atoms with Crippen molar-refractivity contribution in [2.75, 3.05) is 18.4 Å². The molecule has 1 aliphatic heterocycles. The first kappa shape index (κ1) is 19.1. The number of nitrogens with one attached hydrogen (secondary N) is 2. The van der Waals surface area contributed by atoms with Crippen LogP contribution in [-0.4, -0.2) is 28.8 Å². The molecule has 24 heavy (non-hydrogen) atoms. The molecule has 1 saturated heterocycles. The van der Waals surface area contributed by atoms with Crippen molar-refractivity contribution in [3.63, 3.8) is 0 Å². The minimum atomic E-state index is -0.0290. The number of hydrogen-bond acceptors (Lipinski definition) is 3. The molecule has 0 aliphatic carbocycles. The lowest BCUT2D eigenvalue weighted by atomic mass is 9.88. The third-order valence-corrected chi connectivity index (χ3v) is 4.82. The van der Waals surface area contributed by atoms with E-state index in [1.165, 1.54) is 0 Å². The summed E-state index contributed by atoms with van der Waals surface area (Å²) in [5.41, 5.74) is 0.895. The summed E-state index contributed by atoms with van der Waals surface area (Å²) in [6.07, 6.45) is 1.66. The molecule has 1 fully saturated rings. The highest BCUT2D eigenvalue weighted by Crippen LogP contribution is 2.23. The lowest BCUT2D eigenvalue weighted by Crippen LogP contribution is -2.48. The molecule has 1 amide bonds. The zero-order valence-corrected chi connectivity index (χ0v) is 15.5. The van der Waals surface area contributed by atoms with Gasteiger partial charge in [0.1, 0.15) is 5.82 Å². The van der Waals surface area contributed by atoms with Crippen LogP contribution in [0, 0.1) is 11.8 Å². The van der Waals surface area contributed by atoms with Crippen LogP contribution in [0.3, 0.4) is 0 Å². The molecule has 1 aliphatic rings. The summed E-state index contributed by atoms with van der Waals surface area (Å²) >= 11 is 12.1. The Kier molecular flexibility index (Phi) is 6.52. The predicted octanol–water partition coefficient (Wildman–Crippen LogP) is 3.45. The van der Waals surface area contributed by atoms with Crippen molar-refractivity contribution in [1.82, 2.24) is 15.1 Å². The maximum atomic E-state index is 12.3. The van der Waals surface area contributed by atoms with E-state index in [2.05, 4.69) is 15.7 Å². The fourth-order valence-electron chi connectivity index (χ4n) is 2.49. The fourth-order valence-corrected chi connectivity index (χ4v) is 2.96. The lowest BCUT2D eigenvalue weighted by molar-refractivity contribution is -0.121. The summed E-state index contributed by atoms with van der Waals surface area (Å²) in [5, 5.41) is 11.6. The maximum absolute atomic E-state index is 12.3. The van der Waals surface area contributed by atoms with Crippen molar-refractivity contribution in [2.24, 2.45) is 11.8 Å². The van der Waals surface area contributed by atoms with E-state index >= 15 is 0 Å². The highest BCUT2D eigenvalue weighted by molar-refractivity contribution is 6.35. The van der Waals surface area contributed by atoms with Crippen LogP contribution in [0.5, 0.6) is 0 Å². The second-order valence-corrected chi connectivity index (χ2v) is 6.65. The fraction of sp³-hybridized carbons (Fsp3) is 0.375. The van der Waals surface area contributed by atoms with Crippen LogP contribution in [-0.2, 0) is 11.3 Å². The van der Waals surface area contributed by atoms with Crippen LogP contribution in [0.1, 0.15) is 12.5 Å². The van der Waals surface area contributed by atoms with E-state index in [4.69, 9.17) is 23.2 Å². The summed E-state index contributed by atoms with van der Waals surface area (Å²) in [5.74, 6) is 1.05. The van der Waals surface area contributed by atoms with Crippen LogP contribution in [0.4, 0.5) is 5.82 Å². The maximum Gasteiger partial charge on any atom is 0.228 e. The largest absolute Gasteiger partial charge is 0.316 e. The molecule has 130 valence electrons. The zero-order valence-electron chi connectivity index (χ0n) is 13.1. The number of aromatic nitrogens is 2. The third kappa shape index (κ3) is 4.22. The van der Waals surface area contributed by atoms with E-state index in [1.54, 1.807) is 29.1 Å². The van der Waals surface area contributed by atoms with Crippen molar-refractivity contribution in [2.45, 2.75) is 13.5 Å². The Labute approximate surface area is 157 Å². The molecule has 8 heteroatoms. The molecule has 0 spiro atoms. The van der Waals surface area contributed by atoms with Gasteiger partial charge in [-0.15, -0.1) is 12.4 Å². The second kappa shape index (κ2) is 8.21. The molecule has 5 nitrogen and oxygen atoms in total. The Hall–Kier alpha value is -1.27. The standard InChI is InChI=1S/C16H18Cl2N4O.ClH/c1-10(12-7-19-8-12)16(23)21-15-4-5-20-22(15)9-11-2-3-13(17)6-14(11)18;/h2-6,10,12,19H,7-9H2,1H3,(H,21,23);1H. The van der Waals surface area contributed by atoms with E-state index in [9.17, 15) is 4.79 Å². The second-order valence-electron chi connectivity index (χ2n) is 5.81. The van der Waals surface area contributed by atoms with E-state index in [0.29, 0.717) is 28.3 Å². The minimum absolute atomic E-state index is 0. The molecule has 0 saturated carbocycles. The van der Waals surface area contributed by atoms with Crippen LogP contribution >= 0.6 is 35.6 Å². The van der Waals surface area contributed by atoms with Gasteiger partial charge in [0.2, 0.25) is 5.91 Å². The molecule has 1 atom stereocenters. The molecule has 3 rings (SSSR count). The van der Waals surface area contributed by atoms with E-state index < -0.39 is 0 Å². The number of rotatable bonds is 5. The van der Waals surface area contributed by atoms with Gasteiger partial charge in [-0.3, -0.25) is 4.79 Å². The zero-order chi connectivity index (χ0) is 16.4. The van der Waals surface area contributed by atoms with Crippen molar-refractivity contribution >= 4 is 47.3 Å². The predicted molar refractivity (Wildman–Crippen MR) is 99.2 cm³/mol. The monoisotopic (exact) mass is 388 g/mol. The van der Waals surface area contributed by atoms with Gasteiger partial charge < -0.3 is 10.6 Å². The summed E-state index contributed by atoms with van der Waals surface area (Å²) in [7, 11) is 0. The molecule has 1 unspecified atom stereocenters. The number of carbonyl (C=O) groups is 1. The van der Waals surface area contributed by atoms with Crippen molar-refractivity contribution in [3.05, 3.63) is 46.1 Å². The van der Waals surface area contributed by atoms with Gasteiger partial charge in [-0.2, -0.15) is 5.10 Å². The average molecular weight is 390 g/mol. The number of amides is 1. The highest BCUT2D eigenvalue weighted by Gasteiger charge is 2.29. The van der Waals surface area contributed by atoms with Gasteiger partial charge >= 0.3 is 0 Å². The molecular weight excluding hydrogens is 371 g/mol. The quantitative estimate of drug-likeness (QED) is 0.823. The Balaban J connectivity index is 0.00000208. The highest BCUT2D eigenvalue weighted by atomic mass is 35.5. The Morgan fingerprint density at radius 1 is 1.42 bits per heavy atom. The Bertz CT molecular complexity index is 715. The van der Waals surface area contributed by atoms with Gasteiger partial charge in [0.05, 0.1) is 12.7 Å². The number of halogens is 3. The van der Waals surface area contributed by atoms with Crippen molar-refractivity contribution in [1.29, 1.82) is 0 Å². The summed E-state index contributed by atoms with van der Waals surface area (Å²) in [4.78, 5) is 12.3. The van der Waals surface area contributed by atoms with Gasteiger partial charge in [-0.25, -0.2) is 4.68 Å². The molecule has 1 aromatic carbocycles. The first-order valence-electron chi connectivity index (χ1n) is 7.52. The number of carbonyl (C=O) groups excluding carboxylic acids is 1. The summed E-state index contributed by atoms with van der Waals surface area (Å²) in [6.45, 7) is 4.22. The smallest absolute Gasteiger partial charge is 0.228 e. The summed E-state index contributed by atoms with van der Waals surface area (Å²) in [6, 6.07) is 7.14. The van der Waals surface area contributed by atoms with Gasteiger partial charge in [0.15, 0.2) is 0 Å². The van der Waals surface area contributed by atoms with E-state index in [1.807, 2.05) is 13.0 Å². The number of anilines is 1. The van der Waals surface area contributed by atoms with Crippen LogP contribution < -0.4 is 10.6 Å². The van der Waals surface area contributed by atoms with E-state index in [-0.39, 0.29) is 24.2 Å². The lowest BCUT2D eigenvalue weighted by Gasteiger charge is -2.31. The molecule has 2 heterocycles. The van der Waals surface area contributed by atoms with Gasteiger partial charge in [0, 0.05) is 22.0 Å². The van der Waals surface area contributed by atoms with Crippen LogP contribution in [0.15, 0.2) is 30.5 Å². The molecule has 2 N–H and O–H groups in total. The minimum Gasteiger partial charge on any atom is -0.316 e. The Morgan fingerprint density at radius 3 is 2.79 bits per heavy atom. The topological polar surface area (TPSA) is 59.0 Å². The van der Waals surface area contributed by atoms with Gasteiger partial charge in [0.25, 0.3) is 0 Å². The molecular formula is C16H19Cl3N4O. The molecule has 2 aromatic rings. The normalized spacial score (nSPS) is 15.3. The molecule has 0 radical (unpaired) electrons. The number of hydrogen-bond donors (Lipinski definition) is 2. The number of benzene rings is 1. The first-order valence-corrected chi connectivity index (χ1v) is 8.27. The third-order valence-electron chi connectivity index (χ3n) is 4.24. The molecule has 0 bridgehead atoms. The SMILES string of the molecule is CC(C(=O)Nc1ccnn1Cc1ccc(Cl)cc1Cl)C1CNC1.Cl. The van der Waals surface area contributed by atoms with Gasteiger partial charge in [-0.05, 0) is 36.7 Å².